The molecule has 2 fully saturated rings. The molecule has 138 valence electrons. The molecule has 0 atom stereocenters. The molecule has 2 aliphatic rings. The molecule has 1 saturated carbocycles. The van der Waals surface area contributed by atoms with Gasteiger partial charge in [-0.05, 0) is 39.0 Å². The average Bonchev–Trinajstić information content (AvgIpc) is 3.07. The molecule has 1 aliphatic heterocycles. The van der Waals surface area contributed by atoms with E-state index in [9.17, 15) is 9.59 Å². The number of aromatic nitrogens is 2. The Kier molecular flexibility index (Phi) is 5.42. The molecular formula is C18H27N3O4. The zero-order valence-electron chi connectivity index (χ0n) is 14.8. The van der Waals surface area contributed by atoms with Crippen molar-refractivity contribution in [3.8, 4) is 0 Å². The van der Waals surface area contributed by atoms with Crippen LogP contribution in [0.25, 0.3) is 0 Å². The van der Waals surface area contributed by atoms with Crippen LogP contribution >= 0.6 is 0 Å². The number of ether oxygens (including phenoxy) is 1. The second kappa shape index (κ2) is 7.56. The Hall–Kier alpha value is -1.89. The summed E-state index contributed by atoms with van der Waals surface area (Å²) in [5.74, 6) is -0.677. The third-order valence-electron chi connectivity index (χ3n) is 5.67. The van der Waals surface area contributed by atoms with E-state index in [2.05, 4.69) is 5.10 Å². The summed E-state index contributed by atoms with van der Waals surface area (Å²) in [6, 6.07) is 0.165. The lowest BCUT2D eigenvalue weighted by Gasteiger charge is -2.45. The molecule has 0 spiro atoms. The van der Waals surface area contributed by atoms with E-state index in [0.717, 1.165) is 38.5 Å². The molecule has 1 aromatic heterocycles. The van der Waals surface area contributed by atoms with Crippen LogP contribution in [-0.4, -0.2) is 58.0 Å². The van der Waals surface area contributed by atoms with Crippen molar-refractivity contribution in [2.45, 2.75) is 51.5 Å². The van der Waals surface area contributed by atoms with E-state index in [0.29, 0.717) is 26.3 Å². The third-order valence-corrected chi connectivity index (χ3v) is 5.67. The number of rotatable bonds is 7. The van der Waals surface area contributed by atoms with Crippen molar-refractivity contribution in [1.29, 1.82) is 0 Å². The van der Waals surface area contributed by atoms with E-state index < -0.39 is 5.97 Å². The largest absolute Gasteiger partial charge is 0.478 e. The fourth-order valence-electron chi connectivity index (χ4n) is 3.90. The normalized spacial score (nSPS) is 20.3. The molecule has 3 rings (SSSR count). The Bertz CT molecular complexity index is 616. The second-order valence-corrected chi connectivity index (χ2v) is 7.12. The van der Waals surface area contributed by atoms with Crippen molar-refractivity contribution in [3.05, 3.63) is 18.0 Å². The number of likely N-dealkylation sites (tertiary alicyclic amines) is 1. The summed E-state index contributed by atoms with van der Waals surface area (Å²) < 4.78 is 7.20. The SMILES string of the molecule is CCOCCC1(C(=O)N2CCC(n3cc(C(=O)O)cn3)CC2)CCC1. The van der Waals surface area contributed by atoms with Crippen LogP contribution in [0.1, 0.15) is 61.8 Å². The Morgan fingerprint density at radius 1 is 1.36 bits per heavy atom. The van der Waals surface area contributed by atoms with Crippen LogP contribution < -0.4 is 0 Å². The molecule has 0 aromatic carbocycles. The summed E-state index contributed by atoms with van der Waals surface area (Å²) in [7, 11) is 0. The standard InChI is InChI=1S/C18H27N3O4/c1-2-25-11-8-18(6-3-7-18)17(24)20-9-4-15(5-10-20)21-13-14(12-19-21)16(22)23/h12-13,15H,2-11H2,1H3,(H,22,23). The maximum Gasteiger partial charge on any atom is 0.338 e. The van der Waals surface area contributed by atoms with Gasteiger partial charge in [-0.3, -0.25) is 9.48 Å². The first-order valence-electron chi connectivity index (χ1n) is 9.20. The molecule has 1 amide bonds. The number of amides is 1. The lowest BCUT2D eigenvalue weighted by molar-refractivity contribution is -0.150. The van der Waals surface area contributed by atoms with Gasteiger partial charge in [-0.25, -0.2) is 4.79 Å². The van der Waals surface area contributed by atoms with Gasteiger partial charge in [0.2, 0.25) is 5.91 Å². The number of carbonyl (C=O) groups is 2. The quantitative estimate of drug-likeness (QED) is 0.764. The molecule has 1 aliphatic carbocycles. The highest BCUT2D eigenvalue weighted by atomic mass is 16.5. The summed E-state index contributed by atoms with van der Waals surface area (Å²) >= 11 is 0. The first kappa shape index (κ1) is 17.9. The monoisotopic (exact) mass is 349 g/mol. The maximum atomic E-state index is 13.0. The lowest BCUT2D eigenvalue weighted by Crippen LogP contribution is -2.51. The molecule has 7 nitrogen and oxygen atoms in total. The van der Waals surface area contributed by atoms with Crippen molar-refractivity contribution in [2.24, 2.45) is 5.41 Å². The average molecular weight is 349 g/mol. The van der Waals surface area contributed by atoms with E-state index in [1.807, 2.05) is 11.8 Å². The molecule has 7 heteroatoms. The van der Waals surface area contributed by atoms with Gasteiger partial charge in [0.25, 0.3) is 0 Å². The molecule has 25 heavy (non-hydrogen) atoms. The summed E-state index contributed by atoms with van der Waals surface area (Å²) in [5, 5.41) is 13.2. The summed E-state index contributed by atoms with van der Waals surface area (Å²) in [5.41, 5.74) is 0.00679. The number of hydrogen-bond acceptors (Lipinski definition) is 4. The fraction of sp³-hybridized carbons (Fsp3) is 0.722. The van der Waals surface area contributed by atoms with Gasteiger partial charge in [0.05, 0.1) is 23.2 Å². The van der Waals surface area contributed by atoms with Gasteiger partial charge < -0.3 is 14.7 Å². The minimum absolute atomic E-state index is 0.165. The van der Waals surface area contributed by atoms with Gasteiger partial charge >= 0.3 is 5.97 Å². The van der Waals surface area contributed by atoms with Crippen LogP contribution in [0.4, 0.5) is 0 Å². The Morgan fingerprint density at radius 3 is 2.60 bits per heavy atom. The van der Waals surface area contributed by atoms with Crippen LogP contribution in [0.3, 0.4) is 0 Å². The number of carboxylic acid groups (broad SMARTS) is 1. The van der Waals surface area contributed by atoms with E-state index in [1.165, 1.54) is 6.20 Å². The number of carboxylic acids is 1. The Morgan fingerprint density at radius 2 is 2.08 bits per heavy atom. The van der Waals surface area contributed by atoms with Gasteiger partial charge in [-0.1, -0.05) is 6.42 Å². The number of piperidine rings is 1. The van der Waals surface area contributed by atoms with E-state index >= 15 is 0 Å². The number of carbonyl (C=O) groups excluding carboxylic acids is 1. The Labute approximate surface area is 147 Å². The maximum absolute atomic E-state index is 13.0. The lowest BCUT2D eigenvalue weighted by atomic mass is 9.65. The van der Waals surface area contributed by atoms with E-state index in [4.69, 9.17) is 9.84 Å². The molecule has 2 heterocycles. The van der Waals surface area contributed by atoms with Gasteiger partial charge in [0.1, 0.15) is 0 Å². The van der Waals surface area contributed by atoms with Crippen molar-refractivity contribution in [1.82, 2.24) is 14.7 Å². The number of aromatic carboxylic acids is 1. The highest BCUT2D eigenvalue weighted by Crippen LogP contribution is 2.46. The highest BCUT2D eigenvalue weighted by molar-refractivity contribution is 5.86. The molecule has 1 aromatic rings. The zero-order valence-corrected chi connectivity index (χ0v) is 14.8. The summed E-state index contributed by atoms with van der Waals surface area (Å²) in [6.45, 7) is 4.75. The summed E-state index contributed by atoms with van der Waals surface area (Å²) in [6.07, 6.45) is 8.49. The van der Waals surface area contributed by atoms with Gasteiger partial charge in [0, 0.05) is 32.5 Å². The molecule has 0 radical (unpaired) electrons. The molecular weight excluding hydrogens is 322 g/mol. The van der Waals surface area contributed by atoms with Crippen molar-refractivity contribution < 1.29 is 19.4 Å². The van der Waals surface area contributed by atoms with Gasteiger partial charge in [-0.15, -0.1) is 0 Å². The van der Waals surface area contributed by atoms with Crippen molar-refractivity contribution in [3.63, 3.8) is 0 Å². The van der Waals surface area contributed by atoms with Crippen molar-refractivity contribution >= 4 is 11.9 Å². The fourth-order valence-corrected chi connectivity index (χ4v) is 3.90. The zero-order chi connectivity index (χ0) is 17.9. The molecule has 0 unspecified atom stereocenters. The van der Waals surface area contributed by atoms with Crippen LogP contribution in [-0.2, 0) is 9.53 Å². The third kappa shape index (κ3) is 3.71. The van der Waals surface area contributed by atoms with E-state index in [-0.39, 0.29) is 22.9 Å². The first-order valence-corrected chi connectivity index (χ1v) is 9.20. The van der Waals surface area contributed by atoms with Crippen LogP contribution in [0.2, 0.25) is 0 Å². The number of hydrogen-bond donors (Lipinski definition) is 1. The minimum Gasteiger partial charge on any atom is -0.478 e. The highest BCUT2D eigenvalue weighted by Gasteiger charge is 2.46. The van der Waals surface area contributed by atoms with Crippen LogP contribution in [0.5, 0.6) is 0 Å². The van der Waals surface area contributed by atoms with Gasteiger partial charge in [0.15, 0.2) is 0 Å². The molecule has 1 saturated heterocycles. The van der Waals surface area contributed by atoms with Crippen molar-refractivity contribution in [2.75, 3.05) is 26.3 Å². The minimum atomic E-state index is -0.958. The van der Waals surface area contributed by atoms with Crippen LogP contribution in [0, 0.1) is 5.41 Å². The molecule has 0 bridgehead atoms. The van der Waals surface area contributed by atoms with Gasteiger partial charge in [-0.2, -0.15) is 5.10 Å². The smallest absolute Gasteiger partial charge is 0.338 e. The molecule has 1 N–H and O–H groups in total. The topological polar surface area (TPSA) is 84.7 Å². The Balaban J connectivity index is 1.55. The second-order valence-electron chi connectivity index (χ2n) is 7.12. The summed E-state index contributed by atoms with van der Waals surface area (Å²) in [4.78, 5) is 26.0. The first-order chi connectivity index (χ1) is 12.1. The number of nitrogens with zero attached hydrogens (tertiary/aromatic N) is 3. The predicted octanol–water partition coefficient (Wildman–Crippen LogP) is 2.34. The van der Waals surface area contributed by atoms with Crippen LogP contribution in [0.15, 0.2) is 12.4 Å². The van der Waals surface area contributed by atoms with E-state index in [1.54, 1.807) is 10.9 Å². The predicted molar refractivity (Wildman–Crippen MR) is 91.4 cm³/mol.